The third-order valence-electron chi connectivity index (χ3n) is 4.87. The number of ether oxygens (including phenoxy) is 1. The zero-order valence-electron chi connectivity index (χ0n) is 14.2. The molecule has 25 heavy (non-hydrogen) atoms. The minimum atomic E-state index is -0.332. The van der Waals surface area contributed by atoms with Crippen molar-refractivity contribution in [2.45, 2.75) is 32.0 Å². The Labute approximate surface area is 148 Å². The molecule has 0 saturated heterocycles. The number of aliphatic hydroxyl groups excluding tert-OH is 1. The summed E-state index contributed by atoms with van der Waals surface area (Å²) < 4.78 is 5.97. The van der Waals surface area contributed by atoms with Crippen LogP contribution in [0.2, 0.25) is 0 Å². The molecule has 1 aliphatic rings. The van der Waals surface area contributed by atoms with Gasteiger partial charge in [-0.05, 0) is 59.2 Å². The summed E-state index contributed by atoms with van der Waals surface area (Å²) in [5, 5.41) is 10.3. The molecule has 0 spiro atoms. The molecule has 126 valence electrons. The number of rotatable bonds is 4. The van der Waals surface area contributed by atoms with Crippen LogP contribution < -0.4 is 4.74 Å². The van der Waals surface area contributed by atoms with Crippen LogP contribution in [-0.2, 0) is 13.0 Å². The lowest BCUT2D eigenvalue weighted by Crippen LogP contribution is -2.10. The summed E-state index contributed by atoms with van der Waals surface area (Å²) in [6.45, 7) is 0.565. The molecule has 0 aromatic heterocycles. The molecular formula is C23H22O2. The first kappa shape index (κ1) is 15.9. The SMILES string of the molecule is OC1CCCc2c(-c3cccc(OCc4ccccc4)c3)cccc21. The molecule has 4 rings (SSSR count). The second-order valence-electron chi connectivity index (χ2n) is 6.58. The van der Waals surface area contributed by atoms with E-state index in [-0.39, 0.29) is 6.10 Å². The molecule has 0 aliphatic heterocycles. The highest BCUT2D eigenvalue weighted by Crippen LogP contribution is 2.37. The highest BCUT2D eigenvalue weighted by molar-refractivity contribution is 5.70. The van der Waals surface area contributed by atoms with Crippen LogP contribution >= 0.6 is 0 Å². The Kier molecular flexibility index (Phi) is 4.53. The molecule has 1 aliphatic carbocycles. The fraction of sp³-hybridized carbons (Fsp3) is 0.217. The summed E-state index contributed by atoms with van der Waals surface area (Å²) in [5.41, 5.74) is 5.88. The van der Waals surface area contributed by atoms with Crippen LogP contribution in [0.4, 0.5) is 0 Å². The van der Waals surface area contributed by atoms with Crippen molar-refractivity contribution >= 4 is 0 Å². The zero-order chi connectivity index (χ0) is 17.1. The van der Waals surface area contributed by atoms with E-state index in [1.54, 1.807) is 0 Å². The van der Waals surface area contributed by atoms with Crippen LogP contribution in [0, 0.1) is 0 Å². The van der Waals surface area contributed by atoms with Crippen LogP contribution in [0.5, 0.6) is 5.75 Å². The van der Waals surface area contributed by atoms with Crippen LogP contribution in [-0.4, -0.2) is 5.11 Å². The van der Waals surface area contributed by atoms with Gasteiger partial charge in [0, 0.05) is 0 Å². The van der Waals surface area contributed by atoms with Gasteiger partial charge in [0.15, 0.2) is 0 Å². The van der Waals surface area contributed by atoms with Crippen LogP contribution in [0.25, 0.3) is 11.1 Å². The quantitative estimate of drug-likeness (QED) is 0.703. The monoisotopic (exact) mass is 330 g/mol. The van der Waals surface area contributed by atoms with Crippen molar-refractivity contribution in [3.8, 4) is 16.9 Å². The molecule has 2 nitrogen and oxygen atoms in total. The summed E-state index contributed by atoms with van der Waals surface area (Å²) in [7, 11) is 0. The van der Waals surface area contributed by atoms with Gasteiger partial charge in [0.1, 0.15) is 12.4 Å². The lowest BCUT2D eigenvalue weighted by molar-refractivity contribution is 0.156. The van der Waals surface area contributed by atoms with Gasteiger partial charge in [-0.2, -0.15) is 0 Å². The van der Waals surface area contributed by atoms with Crippen molar-refractivity contribution in [2.24, 2.45) is 0 Å². The molecule has 1 unspecified atom stereocenters. The van der Waals surface area contributed by atoms with E-state index in [2.05, 4.69) is 36.4 Å². The minimum Gasteiger partial charge on any atom is -0.489 e. The van der Waals surface area contributed by atoms with Crippen LogP contribution in [0.1, 0.15) is 35.6 Å². The second kappa shape index (κ2) is 7.12. The summed E-state index contributed by atoms with van der Waals surface area (Å²) in [6, 6.07) is 24.7. The van der Waals surface area contributed by atoms with E-state index in [9.17, 15) is 5.11 Å². The first-order valence-corrected chi connectivity index (χ1v) is 8.88. The second-order valence-corrected chi connectivity index (χ2v) is 6.58. The predicted molar refractivity (Wildman–Crippen MR) is 101 cm³/mol. The Hall–Kier alpha value is -2.58. The molecule has 0 heterocycles. The van der Waals surface area contributed by atoms with Gasteiger partial charge in [0.25, 0.3) is 0 Å². The van der Waals surface area contributed by atoms with Gasteiger partial charge in [-0.1, -0.05) is 60.7 Å². The van der Waals surface area contributed by atoms with Gasteiger partial charge in [0.2, 0.25) is 0 Å². The topological polar surface area (TPSA) is 29.5 Å². The third kappa shape index (κ3) is 3.45. The smallest absolute Gasteiger partial charge is 0.120 e. The molecule has 1 atom stereocenters. The highest BCUT2D eigenvalue weighted by Gasteiger charge is 2.20. The molecule has 3 aromatic rings. The fourth-order valence-corrected chi connectivity index (χ4v) is 3.59. The van der Waals surface area contributed by atoms with Gasteiger partial charge in [0.05, 0.1) is 6.10 Å². The van der Waals surface area contributed by atoms with E-state index >= 15 is 0 Å². The Balaban J connectivity index is 1.61. The van der Waals surface area contributed by atoms with Crippen LogP contribution in [0.3, 0.4) is 0 Å². The van der Waals surface area contributed by atoms with Gasteiger partial charge in [-0.15, -0.1) is 0 Å². The first-order chi connectivity index (χ1) is 12.3. The van der Waals surface area contributed by atoms with Gasteiger partial charge >= 0.3 is 0 Å². The Morgan fingerprint density at radius 2 is 1.76 bits per heavy atom. The molecule has 2 heteroatoms. The van der Waals surface area contributed by atoms with Gasteiger partial charge in [-0.3, -0.25) is 0 Å². The molecule has 0 bridgehead atoms. The highest BCUT2D eigenvalue weighted by atomic mass is 16.5. The number of benzene rings is 3. The maximum Gasteiger partial charge on any atom is 0.120 e. The number of hydrogen-bond donors (Lipinski definition) is 1. The molecule has 1 N–H and O–H groups in total. The standard InChI is InChI=1S/C23H22O2/c24-23-14-6-12-21-20(11-5-13-22(21)23)18-9-4-10-19(15-18)25-16-17-7-2-1-3-8-17/h1-5,7-11,13,15,23-24H,6,12,14,16H2. The average molecular weight is 330 g/mol. The Bertz CT molecular complexity index is 855. The van der Waals surface area contributed by atoms with E-state index in [4.69, 9.17) is 4.74 Å². The van der Waals surface area contributed by atoms with Crippen molar-refractivity contribution in [3.63, 3.8) is 0 Å². The zero-order valence-corrected chi connectivity index (χ0v) is 14.2. The van der Waals surface area contributed by atoms with Crippen molar-refractivity contribution in [2.75, 3.05) is 0 Å². The number of aliphatic hydroxyl groups is 1. The molecule has 0 radical (unpaired) electrons. The van der Waals surface area contributed by atoms with E-state index in [1.807, 2.05) is 36.4 Å². The predicted octanol–water partition coefficient (Wildman–Crippen LogP) is 5.30. The molecule has 0 saturated carbocycles. The van der Waals surface area contributed by atoms with E-state index < -0.39 is 0 Å². The van der Waals surface area contributed by atoms with E-state index in [0.717, 1.165) is 41.7 Å². The lowest BCUT2D eigenvalue weighted by atomic mass is 9.84. The van der Waals surface area contributed by atoms with Gasteiger partial charge < -0.3 is 9.84 Å². The summed E-state index contributed by atoms with van der Waals surface area (Å²) in [4.78, 5) is 0. The Morgan fingerprint density at radius 3 is 2.64 bits per heavy atom. The molecule has 0 amide bonds. The molecule has 0 fully saturated rings. The van der Waals surface area contributed by atoms with E-state index in [1.165, 1.54) is 11.1 Å². The van der Waals surface area contributed by atoms with Crippen molar-refractivity contribution < 1.29 is 9.84 Å². The van der Waals surface area contributed by atoms with Crippen molar-refractivity contribution in [1.29, 1.82) is 0 Å². The lowest BCUT2D eigenvalue weighted by Gasteiger charge is -2.24. The summed E-state index contributed by atoms with van der Waals surface area (Å²) in [5.74, 6) is 0.871. The van der Waals surface area contributed by atoms with Crippen molar-refractivity contribution in [1.82, 2.24) is 0 Å². The van der Waals surface area contributed by atoms with Gasteiger partial charge in [-0.25, -0.2) is 0 Å². The average Bonchev–Trinajstić information content (AvgIpc) is 2.67. The Morgan fingerprint density at radius 1 is 0.920 bits per heavy atom. The molecular weight excluding hydrogens is 308 g/mol. The summed E-state index contributed by atoms with van der Waals surface area (Å²) >= 11 is 0. The first-order valence-electron chi connectivity index (χ1n) is 8.88. The maximum atomic E-state index is 10.3. The minimum absolute atomic E-state index is 0.332. The fourth-order valence-electron chi connectivity index (χ4n) is 3.59. The maximum absolute atomic E-state index is 10.3. The van der Waals surface area contributed by atoms with Crippen LogP contribution in [0.15, 0.2) is 72.8 Å². The number of fused-ring (bicyclic) bond motifs is 1. The summed E-state index contributed by atoms with van der Waals surface area (Å²) in [6.07, 6.45) is 2.59. The third-order valence-corrected chi connectivity index (χ3v) is 4.87. The van der Waals surface area contributed by atoms with Crippen molar-refractivity contribution in [3.05, 3.63) is 89.5 Å². The van der Waals surface area contributed by atoms with E-state index in [0.29, 0.717) is 6.61 Å². The number of hydrogen-bond acceptors (Lipinski definition) is 2. The largest absolute Gasteiger partial charge is 0.489 e. The molecule has 3 aromatic carbocycles. The normalized spacial score (nSPS) is 16.3.